The molecule has 0 radical (unpaired) electrons. The molecule has 8 nitrogen and oxygen atoms in total. The Labute approximate surface area is 190 Å². The number of aliphatic hydroxyl groups excluding tert-OH is 1. The molecule has 2 heterocycles. The molecule has 33 heavy (non-hydrogen) atoms. The molecule has 0 aliphatic heterocycles. The number of nitrogens with zero attached hydrogens (tertiary/aromatic N) is 4. The van der Waals surface area contributed by atoms with E-state index in [2.05, 4.69) is 20.3 Å². The molecule has 11 heteroatoms. The number of halogens is 3. The van der Waals surface area contributed by atoms with Gasteiger partial charge in [-0.15, -0.1) is 0 Å². The third-order valence-corrected chi connectivity index (χ3v) is 4.91. The van der Waals surface area contributed by atoms with Crippen molar-refractivity contribution in [1.82, 2.24) is 20.3 Å². The highest BCUT2D eigenvalue weighted by molar-refractivity contribution is 5.82. The number of hydrogen-bond acceptors (Lipinski definition) is 7. The van der Waals surface area contributed by atoms with Crippen molar-refractivity contribution in [2.45, 2.75) is 57.9 Å². The summed E-state index contributed by atoms with van der Waals surface area (Å²) in [5.41, 5.74) is 1.79. The lowest BCUT2D eigenvalue weighted by molar-refractivity contribution is -0.210. The Kier molecular flexibility index (Phi) is 7.11. The normalized spacial score (nSPS) is 14.5. The molecule has 180 valence electrons. The van der Waals surface area contributed by atoms with Crippen molar-refractivity contribution >= 4 is 11.7 Å². The molecule has 0 fully saturated rings. The average Bonchev–Trinajstić information content (AvgIpc) is 3.17. The van der Waals surface area contributed by atoms with Crippen molar-refractivity contribution in [2.24, 2.45) is 0 Å². The fraction of sp³-hybridized carbons (Fsp3) is 0.545. The topological polar surface area (TPSA) is 100 Å². The summed E-state index contributed by atoms with van der Waals surface area (Å²) in [5.74, 6) is 0.869. The van der Waals surface area contributed by atoms with Crippen molar-refractivity contribution in [3.63, 3.8) is 0 Å². The lowest BCUT2D eigenvalue weighted by Gasteiger charge is -2.25. The van der Waals surface area contributed by atoms with Crippen LogP contribution in [0.2, 0.25) is 0 Å². The number of aromatic nitrogens is 3. The maximum Gasteiger partial charge on any atom is 0.417 e. The van der Waals surface area contributed by atoms with E-state index in [0.29, 0.717) is 11.5 Å². The lowest BCUT2D eigenvalue weighted by atomic mass is 10.1. The molecule has 1 atom stereocenters. The number of aryl methyl sites for hydroxylation is 1. The zero-order valence-electron chi connectivity index (χ0n) is 19.0. The Morgan fingerprint density at radius 2 is 2.00 bits per heavy atom. The van der Waals surface area contributed by atoms with Crippen LogP contribution in [-0.4, -0.2) is 64.0 Å². The van der Waals surface area contributed by atoms with Crippen molar-refractivity contribution in [1.29, 1.82) is 0 Å². The van der Waals surface area contributed by atoms with Gasteiger partial charge in [0, 0.05) is 36.1 Å². The molecule has 1 aliphatic carbocycles. The van der Waals surface area contributed by atoms with Crippen molar-refractivity contribution in [2.75, 3.05) is 25.1 Å². The van der Waals surface area contributed by atoms with E-state index in [-0.39, 0.29) is 29.6 Å². The maximum absolute atomic E-state index is 12.5. The van der Waals surface area contributed by atoms with E-state index in [9.17, 15) is 18.0 Å². The van der Waals surface area contributed by atoms with Crippen LogP contribution in [0.3, 0.4) is 0 Å². The number of aliphatic hydroxyl groups is 1. The van der Waals surface area contributed by atoms with Gasteiger partial charge in [0.25, 0.3) is 0 Å². The number of alkyl halides is 3. The number of amides is 1. The highest BCUT2D eigenvalue weighted by Gasteiger charge is 2.38. The molecule has 2 aromatic heterocycles. The van der Waals surface area contributed by atoms with E-state index in [1.165, 1.54) is 18.3 Å². The average molecular weight is 467 g/mol. The molecule has 0 aromatic carbocycles. The number of ether oxygens (including phenoxy) is 1. The van der Waals surface area contributed by atoms with Crippen LogP contribution in [0.4, 0.5) is 19.0 Å². The Morgan fingerprint density at radius 3 is 2.67 bits per heavy atom. The zero-order chi connectivity index (χ0) is 24.4. The summed E-state index contributed by atoms with van der Waals surface area (Å²) in [6, 6.07) is 2.82. The van der Waals surface area contributed by atoms with Crippen LogP contribution in [0.25, 0.3) is 11.5 Å². The molecule has 0 saturated carbocycles. The summed E-state index contributed by atoms with van der Waals surface area (Å²) in [6.45, 7) is 4.88. The van der Waals surface area contributed by atoms with Gasteiger partial charge in [0.15, 0.2) is 11.9 Å². The molecule has 0 spiro atoms. The van der Waals surface area contributed by atoms with Crippen LogP contribution in [0.1, 0.15) is 38.4 Å². The Balaban J connectivity index is 1.84. The predicted molar refractivity (Wildman–Crippen MR) is 116 cm³/mol. The number of pyridine rings is 1. The predicted octanol–water partition coefficient (Wildman–Crippen LogP) is 2.68. The first-order valence-corrected chi connectivity index (χ1v) is 10.6. The maximum atomic E-state index is 12.5. The minimum Gasteiger partial charge on any atom is -0.490 e. The van der Waals surface area contributed by atoms with Crippen LogP contribution in [0.5, 0.6) is 5.75 Å². The summed E-state index contributed by atoms with van der Waals surface area (Å²) in [5, 5.41) is 12.1. The molecule has 0 saturated heterocycles. The van der Waals surface area contributed by atoms with Gasteiger partial charge in [0.2, 0.25) is 5.91 Å². The van der Waals surface area contributed by atoms with E-state index in [1.807, 2.05) is 20.8 Å². The number of hydrogen-bond donors (Lipinski definition) is 2. The number of carbonyl (C=O) groups is 1. The molecular weight excluding hydrogens is 439 g/mol. The largest absolute Gasteiger partial charge is 0.490 e. The van der Waals surface area contributed by atoms with Crippen LogP contribution in [0, 0.1) is 0 Å². The third-order valence-electron chi connectivity index (χ3n) is 4.91. The number of fused-ring (bicyclic) bond motifs is 1. The first-order valence-electron chi connectivity index (χ1n) is 10.6. The Hall–Kier alpha value is -2.95. The highest BCUT2D eigenvalue weighted by atomic mass is 19.4. The molecule has 2 aromatic rings. The SMILES string of the molecule is CN(CC(=O)NC(C)(C)C)c1nc(-c2cc(OCC(O)C(F)(F)F)ccn2)nc2c1CCC2. The molecule has 2 N–H and O–H groups in total. The van der Waals surface area contributed by atoms with Gasteiger partial charge in [-0.25, -0.2) is 9.97 Å². The summed E-state index contributed by atoms with van der Waals surface area (Å²) >= 11 is 0. The van der Waals surface area contributed by atoms with E-state index in [1.54, 1.807) is 11.9 Å². The standard InChI is InChI=1S/C22H28F3N5O3/c1-21(2,3)29-18(32)11-30(4)20-14-6-5-7-15(14)27-19(28-20)16-10-13(8-9-26-16)33-12-17(31)22(23,24)25/h8-10,17,31H,5-7,11-12H2,1-4H3,(H,29,32). The fourth-order valence-corrected chi connectivity index (χ4v) is 3.48. The second-order valence-corrected chi connectivity index (χ2v) is 9.05. The lowest BCUT2D eigenvalue weighted by Crippen LogP contribution is -2.45. The number of anilines is 1. The van der Waals surface area contributed by atoms with Crippen molar-refractivity contribution < 1.29 is 27.8 Å². The Morgan fingerprint density at radius 1 is 1.27 bits per heavy atom. The molecule has 1 aliphatic rings. The van der Waals surface area contributed by atoms with E-state index < -0.39 is 18.9 Å². The smallest absolute Gasteiger partial charge is 0.417 e. The molecule has 3 rings (SSSR count). The van der Waals surface area contributed by atoms with Crippen LogP contribution < -0.4 is 15.0 Å². The molecular formula is C22H28F3N5O3. The zero-order valence-corrected chi connectivity index (χ0v) is 19.0. The number of nitrogens with one attached hydrogen (secondary N) is 1. The van der Waals surface area contributed by atoms with Crippen LogP contribution in [0.15, 0.2) is 18.3 Å². The van der Waals surface area contributed by atoms with Crippen LogP contribution >= 0.6 is 0 Å². The third kappa shape index (κ3) is 6.53. The monoisotopic (exact) mass is 467 g/mol. The number of rotatable bonds is 7. The quantitative estimate of drug-likeness (QED) is 0.646. The molecule has 1 amide bonds. The first kappa shape index (κ1) is 24.7. The number of likely N-dealkylation sites (N-methyl/N-ethyl adjacent to an activating group) is 1. The van der Waals surface area contributed by atoms with Gasteiger partial charge >= 0.3 is 6.18 Å². The summed E-state index contributed by atoms with van der Waals surface area (Å²) in [4.78, 5) is 27.6. The minimum atomic E-state index is -4.77. The van der Waals surface area contributed by atoms with E-state index in [0.717, 1.165) is 30.5 Å². The first-order chi connectivity index (χ1) is 15.3. The summed E-state index contributed by atoms with van der Waals surface area (Å²) < 4.78 is 42.7. The number of carbonyl (C=O) groups excluding carboxylic acids is 1. The van der Waals surface area contributed by atoms with Gasteiger partial charge in [-0.3, -0.25) is 9.78 Å². The van der Waals surface area contributed by atoms with E-state index in [4.69, 9.17) is 9.84 Å². The van der Waals surface area contributed by atoms with Gasteiger partial charge in [-0.2, -0.15) is 13.2 Å². The van der Waals surface area contributed by atoms with Crippen molar-refractivity contribution in [3.8, 4) is 17.3 Å². The summed E-state index contributed by atoms with van der Waals surface area (Å²) in [7, 11) is 1.78. The Bertz CT molecular complexity index is 1010. The highest BCUT2D eigenvalue weighted by Crippen LogP contribution is 2.31. The van der Waals surface area contributed by atoms with Crippen LogP contribution in [-0.2, 0) is 17.6 Å². The molecule has 1 unspecified atom stereocenters. The second-order valence-electron chi connectivity index (χ2n) is 9.05. The van der Waals surface area contributed by atoms with Crippen molar-refractivity contribution in [3.05, 3.63) is 29.6 Å². The second kappa shape index (κ2) is 9.50. The van der Waals surface area contributed by atoms with Gasteiger partial charge in [-0.05, 0) is 46.1 Å². The van der Waals surface area contributed by atoms with Gasteiger partial charge in [0.05, 0.1) is 6.54 Å². The van der Waals surface area contributed by atoms with Gasteiger partial charge < -0.3 is 20.1 Å². The minimum absolute atomic E-state index is 0.103. The van der Waals surface area contributed by atoms with E-state index >= 15 is 0 Å². The van der Waals surface area contributed by atoms with Gasteiger partial charge in [0.1, 0.15) is 23.9 Å². The summed E-state index contributed by atoms with van der Waals surface area (Å²) in [6.07, 6.45) is -3.52. The van der Waals surface area contributed by atoms with Gasteiger partial charge in [-0.1, -0.05) is 0 Å². The fourth-order valence-electron chi connectivity index (χ4n) is 3.48. The molecule has 0 bridgehead atoms.